The van der Waals surface area contributed by atoms with Gasteiger partial charge in [-0.1, -0.05) is 45.2 Å². The number of anilines is 1. The van der Waals surface area contributed by atoms with Crippen LogP contribution in [-0.4, -0.2) is 37.9 Å². The van der Waals surface area contributed by atoms with Crippen LogP contribution in [0.3, 0.4) is 0 Å². The van der Waals surface area contributed by atoms with E-state index in [1.807, 2.05) is 36.6 Å². The van der Waals surface area contributed by atoms with Crippen molar-refractivity contribution in [1.29, 1.82) is 0 Å². The molecule has 7 nitrogen and oxygen atoms in total. The van der Waals surface area contributed by atoms with Crippen molar-refractivity contribution in [2.75, 3.05) is 17.1 Å². The van der Waals surface area contributed by atoms with E-state index in [2.05, 4.69) is 26.5 Å². The third-order valence-electron chi connectivity index (χ3n) is 4.84. The zero-order valence-corrected chi connectivity index (χ0v) is 21.9. The van der Waals surface area contributed by atoms with Crippen LogP contribution in [-0.2, 0) is 14.8 Å². The number of benzene rings is 2. The SMILES string of the molecule is Cc1cc(/C=N\NC(=O)CN(c2ccc(Br)cc2)S(C)(=O)=O)c(C)n1-c1cccc(Cl)c1Cl. The Morgan fingerprint density at radius 3 is 2.48 bits per heavy atom. The third kappa shape index (κ3) is 5.97. The predicted octanol–water partition coefficient (Wildman–Crippen LogP) is 5.08. The molecule has 0 saturated heterocycles. The fourth-order valence-corrected chi connectivity index (χ4v) is 4.80. The molecule has 0 radical (unpaired) electrons. The molecule has 3 aromatic rings. The van der Waals surface area contributed by atoms with Crippen LogP contribution in [0.25, 0.3) is 5.69 Å². The van der Waals surface area contributed by atoms with E-state index in [0.29, 0.717) is 15.7 Å². The number of hydrazone groups is 1. The van der Waals surface area contributed by atoms with Crippen LogP contribution in [0.5, 0.6) is 0 Å². The molecule has 174 valence electrons. The Hall–Kier alpha value is -2.33. The molecule has 0 bridgehead atoms. The highest BCUT2D eigenvalue weighted by atomic mass is 79.9. The first kappa shape index (κ1) is 25.3. The summed E-state index contributed by atoms with van der Waals surface area (Å²) in [5.74, 6) is -0.578. The quantitative estimate of drug-likeness (QED) is 0.317. The normalized spacial score (nSPS) is 11.7. The number of carbonyl (C=O) groups is 1. The van der Waals surface area contributed by atoms with E-state index < -0.39 is 22.5 Å². The summed E-state index contributed by atoms with van der Waals surface area (Å²) in [7, 11) is -3.67. The van der Waals surface area contributed by atoms with E-state index in [4.69, 9.17) is 23.2 Å². The molecule has 1 aromatic heterocycles. The van der Waals surface area contributed by atoms with Crippen LogP contribution in [0.4, 0.5) is 5.69 Å². The van der Waals surface area contributed by atoms with Crippen molar-refractivity contribution in [1.82, 2.24) is 9.99 Å². The van der Waals surface area contributed by atoms with Gasteiger partial charge in [-0.15, -0.1) is 0 Å². The number of hydrogen-bond acceptors (Lipinski definition) is 4. The molecule has 0 fully saturated rings. The lowest BCUT2D eigenvalue weighted by molar-refractivity contribution is -0.119. The van der Waals surface area contributed by atoms with Crippen molar-refractivity contribution in [3.05, 3.63) is 80.0 Å². The van der Waals surface area contributed by atoms with Crippen molar-refractivity contribution >= 4 is 67.0 Å². The summed E-state index contributed by atoms with van der Waals surface area (Å²) in [5.41, 5.74) is 6.02. The molecule has 0 atom stereocenters. The zero-order valence-electron chi connectivity index (χ0n) is 18.0. The highest BCUT2D eigenvalue weighted by Crippen LogP contribution is 2.31. The van der Waals surface area contributed by atoms with Gasteiger partial charge in [0, 0.05) is 21.4 Å². The van der Waals surface area contributed by atoms with Gasteiger partial charge in [0.25, 0.3) is 5.91 Å². The Bertz CT molecular complexity index is 1320. The van der Waals surface area contributed by atoms with E-state index in [1.54, 1.807) is 30.3 Å². The molecule has 33 heavy (non-hydrogen) atoms. The summed E-state index contributed by atoms with van der Waals surface area (Å²) < 4.78 is 28.1. The second kappa shape index (κ2) is 10.3. The summed E-state index contributed by atoms with van der Waals surface area (Å²) in [6.45, 7) is 3.41. The summed E-state index contributed by atoms with van der Waals surface area (Å²) in [4.78, 5) is 12.4. The fourth-order valence-electron chi connectivity index (χ4n) is 3.30. The molecular weight excluding hydrogens is 551 g/mol. The second-order valence-corrected chi connectivity index (χ2v) is 10.9. The molecule has 0 saturated carbocycles. The number of amides is 1. The molecule has 1 heterocycles. The number of aryl methyl sites for hydroxylation is 1. The predicted molar refractivity (Wildman–Crippen MR) is 137 cm³/mol. The van der Waals surface area contributed by atoms with Crippen LogP contribution in [0.2, 0.25) is 10.0 Å². The van der Waals surface area contributed by atoms with Gasteiger partial charge in [-0.3, -0.25) is 9.10 Å². The molecule has 0 unspecified atom stereocenters. The lowest BCUT2D eigenvalue weighted by atomic mass is 10.2. The number of nitrogens with zero attached hydrogens (tertiary/aromatic N) is 3. The van der Waals surface area contributed by atoms with Gasteiger partial charge in [-0.2, -0.15) is 5.10 Å². The van der Waals surface area contributed by atoms with Crippen LogP contribution in [0.15, 0.2) is 58.1 Å². The van der Waals surface area contributed by atoms with Crippen molar-refractivity contribution in [3.8, 4) is 5.69 Å². The molecule has 2 aromatic carbocycles. The van der Waals surface area contributed by atoms with E-state index in [1.165, 1.54) is 6.21 Å². The van der Waals surface area contributed by atoms with Gasteiger partial charge in [0.2, 0.25) is 10.0 Å². The summed E-state index contributed by atoms with van der Waals surface area (Å²) in [6, 6.07) is 13.9. The van der Waals surface area contributed by atoms with Gasteiger partial charge in [0.05, 0.1) is 33.9 Å². The Morgan fingerprint density at radius 1 is 1.18 bits per heavy atom. The number of rotatable bonds is 7. The highest BCUT2D eigenvalue weighted by Gasteiger charge is 2.20. The first-order valence-electron chi connectivity index (χ1n) is 9.67. The Balaban J connectivity index is 1.76. The average Bonchev–Trinajstić information content (AvgIpc) is 3.01. The van der Waals surface area contributed by atoms with Crippen molar-refractivity contribution in [2.24, 2.45) is 5.10 Å². The van der Waals surface area contributed by atoms with Crippen LogP contribution in [0.1, 0.15) is 17.0 Å². The summed E-state index contributed by atoms with van der Waals surface area (Å²) in [5, 5.41) is 4.89. The zero-order chi connectivity index (χ0) is 24.3. The number of nitrogens with one attached hydrogen (secondary N) is 1. The van der Waals surface area contributed by atoms with Crippen LogP contribution < -0.4 is 9.73 Å². The Labute approximate surface area is 211 Å². The van der Waals surface area contributed by atoms with E-state index in [9.17, 15) is 13.2 Å². The van der Waals surface area contributed by atoms with Gasteiger partial charge in [-0.05, 0) is 56.3 Å². The molecule has 0 spiro atoms. The number of sulfonamides is 1. The lowest BCUT2D eigenvalue weighted by Gasteiger charge is -2.21. The molecule has 0 aliphatic heterocycles. The van der Waals surface area contributed by atoms with Crippen molar-refractivity contribution in [3.63, 3.8) is 0 Å². The highest BCUT2D eigenvalue weighted by molar-refractivity contribution is 9.10. The number of halogens is 3. The number of aromatic nitrogens is 1. The molecule has 1 N–H and O–H groups in total. The van der Waals surface area contributed by atoms with Gasteiger partial charge in [-0.25, -0.2) is 13.8 Å². The molecule has 11 heteroatoms. The van der Waals surface area contributed by atoms with Crippen molar-refractivity contribution in [2.45, 2.75) is 13.8 Å². The minimum absolute atomic E-state index is 0.377. The Morgan fingerprint density at radius 2 is 1.85 bits per heavy atom. The third-order valence-corrected chi connectivity index (χ3v) is 7.32. The van der Waals surface area contributed by atoms with Crippen LogP contribution in [0, 0.1) is 13.8 Å². The van der Waals surface area contributed by atoms with Gasteiger partial charge >= 0.3 is 0 Å². The smallest absolute Gasteiger partial charge is 0.260 e. The van der Waals surface area contributed by atoms with E-state index in [-0.39, 0.29) is 0 Å². The van der Waals surface area contributed by atoms with Gasteiger partial charge < -0.3 is 4.57 Å². The largest absolute Gasteiger partial charge is 0.316 e. The summed E-state index contributed by atoms with van der Waals surface area (Å²) >= 11 is 15.8. The maximum atomic E-state index is 12.4. The monoisotopic (exact) mass is 570 g/mol. The molecule has 0 aliphatic rings. The van der Waals surface area contributed by atoms with Gasteiger partial charge in [0.1, 0.15) is 6.54 Å². The minimum Gasteiger partial charge on any atom is -0.316 e. The number of carbonyl (C=O) groups excluding carboxylic acids is 1. The summed E-state index contributed by atoms with van der Waals surface area (Å²) in [6.07, 6.45) is 2.54. The molecule has 0 aliphatic carbocycles. The van der Waals surface area contributed by atoms with E-state index >= 15 is 0 Å². The maximum Gasteiger partial charge on any atom is 0.260 e. The minimum atomic E-state index is -3.67. The number of hydrogen-bond donors (Lipinski definition) is 1. The van der Waals surface area contributed by atoms with Crippen molar-refractivity contribution < 1.29 is 13.2 Å². The molecular formula is C22H21BrCl2N4O3S. The molecule has 3 rings (SSSR count). The van der Waals surface area contributed by atoms with E-state index in [0.717, 1.165) is 37.7 Å². The van der Waals surface area contributed by atoms with Gasteiger partial charge in [0.15, 0.2) is 0 Å². The lowest BCUT2D eigenvalue weighted by Crippen LogP contribution is -2.39. The van der Waals surface area contributed by atoms with Crippen LogP contribution >= 0.6 is 39.1 Å². The Kier molecular flexibility index (Phi) is 7.89. The standard InChI is InChI=1S/C22H21BrCl2N4O3S/c1-14-11-16(15(2)29(14)20-6-4-5-19(24)22(20)25)12-26-27-21(30)13-28(33(3,31)32)18-9-7-17(23)8-10-18/h4-12H,13H2,1-3H3,(H,27,30)/b26-12-. The maximum absolute atomic E-state index is 12.4. The first-order valence-corrected chi connectivity index (χ1v) is 13.1. The molecule has 1 amide bonds. The second-order valence-electron chi connectivity index (χ2n) is 7.27. The average molecular weight is 572 g/mol. The first-order chi connectivity index (χ1) is 15.5. The topological polar surface area (TPSA) is 83.8 Å². The fraction of sp³-hybridized carbons (Fsp3) is 0.182.